The summed E-state index contributed by atoms with van der Waals surface area (Å²) in [5.41, 5.74) is -0.645. The van der Waals surface area contributed by atoms with Gasteiger partial charge in [0.05, 0.1) is 5.41 Å². The minimum absolute atomic E-state index is 0.139. The predicted octanol–water partition coefficient (Wildman–Crippen LogP) is 2.39. The molecule has 0 radical (unpaired) electrons. The molecule has 0 saturated heterocycles. The molecule has 0 aliphatic rings. The summed E-state index contributed by atoms with van der Waals surface area (Å²) in [6.07, 6.45) is 0. The monoisotopic (exact) mass is 275 g/mol. The van der Waals surface area contributed by atoms with Gasteiger partial charge in [-0.25, -0.2) is 4.39 Å². The maximum absolute atomic E-state index is 13.2. The standard InChI is InChI=1S/C12H15ClFNO3/c1-12(2,11(17)18)6-15-5-7-3-8(13)4-9(14)10(7)16/h3-4,15-16H,5-6H2,1-2H3,(H,17,18). The Kier molecular flexibility index (Phi) is 4.53. The number of benzene rings is 1. The molecule has 0 heterocycles. The summed E-state index contributed by atoms with van der Waals surface area (Å²) in [7, 11) is 0. The zero-order valence-electron chi connectivity index (χ0n) is 10.1. The first kappa shape index (κ1) is 14.7. The lowest BCUT2D eigenvalue weighted by Gasteiger charge is -2.19. The Morgan fingerprint density at radius 1 is 1.50 bits per heavy atom. The predicted molar refractivity (Wildman–Crippen MR) is 66.2 cm³/mol. The quantitative estimate of drug-likeness (QED) is 0.772. The first-order chi connectivity index (χ1) is 8.24. The molecule has 0 atom stereocenters. The van der Waals surface area contributed by atoms with Crippen LogP contribution < -0.4 is 5.32 Å². The molecular weight excluding hydrogens is 261 g/mol. The van der Waals surface area contributed by atoms with Gasteiger partial charge in [-0.2, -0.15) is 0 Å². The van der Waals surface area contributed by atoms with Crippen molar-refractivity contribution in [2.24, 2.45) is 5.41 Å². The summed E-state index contributed by atoms with van der Waals surface area (Å²) in [5, 5.41) is 21.4. The van der Waals surface area contributed by atoms with Crippen LogP contribution in [-0.2, 0) is 11.3 Å². The van der Waals surface area contributed by atoms with Gasteiger partial charge >= 0.3 is 5.97 Å². The van der Waals surface area contributed by atoms with Crippen LogP contribution in [-0.4, -0.2) is 22.7 Å². The van der Waals surface area contributed by atoms with E-state index in [9.17, 15) is 14.3 Å². The Hall–Kier alpha value is -1.33. The van der Waals surface area contributed by atoms with Crippen LogP contribution in [0.1, 0.15) is 19.4 Å². The number of carbonyl (C=O) groups is 1. The van der Waals surface area contributed by atoms with Gasteiger partial charge in [0.2, 0.25) is 0 Å². The molecule has 6 heteroatoms. The van der Waals surface area contributed by atoms with Crippen LogP contribution in [0, 0.1) is 11.2 Å². The van der Waals surface area contributed by atoms with Crippen molar-refractivity contribution in [1.82, 2.24) is 5.32 Å². The summed E-state index contributed by atoms with van der Waals surface area (Å²) < 4.78 is 13.2. The van der Waals surface area contributed by atoms with Crippen molar-refractivity contribution in [2.75, 3.05) is 6.54 Å². The van der Waals surface area contributed by atoms with Gasteiger partial charge in [-0.3, -0.25) is 4.79 Å². The van der Waals surface area contributed by atoms with Crippen LogP contribution in [0.3, 0.4) is 0 Å². The number of carboxylic acid groups (broad SMARTS) is 1. The zero-order chi connectivity index (χ0) is 13.9. The summed E-state index contributed by atoms with van der Waals surface area (Å²) in [6.45, 7) is 3.47. The number of aliphatic carboxylic acids is 1. The fourth-order valence-corrected chi connectivity index (χ4v) is 1.57. The van der Waals surface area contributed by atoms with E-state index < -0.39 is 23.0 Å². The van der Waals surface area contributed by atoms with Crippen LogP contribution in [0.25, 0.3) is 0 Å². The molecule has 1 rings (SSSR count). The summed E-state index contributed by atoms with van der Waals surface area (Å²) >= 11 is 5.67. The van der Waals surface area contributed by atoms with Crippen molar-refractivity contribution in [3.8, 4) is 5.75 Å². The third-order valence-corrected chi connectivity index (χ3v) is 2.79. The van der Waals surface area contributed by atoms with E-state index in [2.05, 4.69) is 5.32 Å². The molecule has 0 unspecified atom stereocenters. The van der Waals surface area contributed by atoms with Gasteiger partial charge in [0.1, 0.15) is 0 Å². The number of rotatable bonds is 5. The highest BCUT2D eigenvalue weighted by Gasteiger charge is 2.26. The van der Waals surface area contributed by atoms with Gasteiger partial charge in [0.25, 0.3) is 0 Å². The Balaban J connectivity index is 2.68. The van der Waals surface area contributed by atoms with Crippen LogP contribution in [0.5, 0.6) is 5.75 Å². The van der Waals surface area contributed by atoms with E-state index in [0.29, 0.717) is 5.56 Å². The van der Waals surface area contributed by atoms with E-state index in [1.54, 1.807) is 13.8 Å². The average molecular weight is 276 g/mol. The molecule has 0 bridgehead atoms. The lowest BCUT2D eigenvalue weighted by atomic mass is 9.94. The minimum Gasteiger partial charge on any atom is -0.505 e. The van der Waals surface area contributed by atoms with Crippen molar-refractivity contribution in [1.29, 1.82) is 0 Å². The largest absolute Gasteiger partial charge is 0.505 e. The number of phenols is 1. The summed E-state index contributed by atoms with van der Waals surface area (Å²) in [6, 6.07) is 2.45. The normalized spacial score (nSPS) is 11.6. The van der Waals surface area contributed by atoms with Crippen molar-refractivity contribution < 1.29 is 19.4 Å². The fourth-order valence-electron chi connectivity index (χ4n) is 1.34. The topological polar surface area (TPSA) is 69.6 Å². The minimum atomic E-state index is -0.938. The van der Waals surface area contributed by atoms with Crippen molar-refractivity contribution >= 4 is 17.6 Å². The number of nitrogens with one attached hydrogen (secondary N) is 1. The SMILES string of the molecule is CC(C)(CNCc1cc(Cl)cc(F)c1O)C(=O)O. The molecule has 0 aromatic heterocycles. The Labute approximate surface area is 109 Å². The second-order valence-electron chi connectivity index (χ2n) is 4.69. The molecule has 4 nitrogen and oxygen atoms in total. The van der Waals surface area contributed by atoms with Crippen LogP contribution in [0.2, 0.25) is 5.02 Å². The molecule has 18 heavy (non-hydrogen) atoms. The first-order valence-corrected chi connectivity index (χ1v) is 5.73. The molecule has 0 fully saturated rings. The van der Waals surface area contributed by atoms with Gasteiger partial charge in [0, 0.05) is 23.7 Å². The lowest BCUT2D eigenvalue weighted by Crippen LogP contribution is -2.35. The second-order valence-corrected chi connectivity index (χ2v) is 5.12. The van der Waals surface area contributed by atoms with Crippen molar-refractivity contribution in [2.45, 2.75) is 20.4 Å². The van der Waals surface area contributed by atoms with Gasteiger partial charge in [-0.15, -0.1) is 0 Å². The number of carboxylic acids is 1. The Bertz CT molecular complexity index is 463. The van der Waals surface area contributed by atoms with Gasteiger partial charge < -0.3 is 15.5 Å². The maximum atomic E-state index is 13.2. The lowest BCUT2D eigenvalue weighted by molar-refractivity contribution is -0.146. The summed E-state index contributed by atoms with van der Waals surface area (Å²) in [5.74, 6) is -2.20. The molecule has 0 spiro atoms. The van der Waals surface area contributed by atoms with Crippen molar-refractivity contribution in [3.05, 3.63) is 28.5 Å². The average Bonchev–Trinajstić information content (AvgIpc) is 2.24. The molecule has 0 aliphatic heterocycles. The Morgan fingerprint density at radius 3 is 2.67 bits per heavy atom. The third-order valence-electron chi connectivity index (χ3n) is 2.57. The molecule has 3 N–H and O–H groups in total. The first-order valence-electron chi connectivity index (χ1n) is 5.35. The Morgan fingerprint density at radius 2 is 2.11 bits per heavy atom. The third kappa shape index (κ3) is 3.58. The molecular formula is C12H15ClFNO3. The molecule has 0 saturated carbocycles. The highest BCUT2D eigenvalue weighted by Crippen LogP contribution is 2.25. The van der Waals surface area contributed by atoms with Crippen LogP contribution >= 0.6 is 11.6 Å². The molecule has 0 amide bonds. The fraction of sp³-hybridized carbons (Fsp3) is 0.417. The van der Waals surface area contributed by atoms with E-state index in [-0.39, 0.29) is 18.1 Å². The summed E-state index contributed by atoms with van der Waals surface area (Å²) in [4.78, 5) is 10.9. The highest BCUT2D eigenvalue weighted by molar-refractivity contribution is 6.30. The smallest absolute Gasteiger partial charge is 0.310 e. The van der Waals surface area contributed by atoms with Crippen LogP contribution in [0.15, 0.2) is 12.1 Å². The van der Waals surface area contributed by atoms with Crippen LogP contribution in [0.4, 0.5) is 4.39 Å². The van der Waals surface area contributed by atoms with Gasteiger partial charge in [0.15, 0.2) is 11.6 Å². The van der Waals surface area contributed by atoms with Crippen molar-refractivity contribution in [3.63, 3.8) is 0 Å². The molecule has 1 aromatic carbocycles. The molecule has 100 valence electrons. The van der Waals surface area contributed by atoms with Gasteiger partial charge in [-0.05, 0) is 26.0 Å². The number of halogens is 2. The van der Waals surface area contributed by atoms with E-state index in [1.807, 2.05) is 0 Å². The molecule has 0 aliphatic carbocycles. The van der Waals surface area contributed by atoms with E-state index in [4.69, 9.17) is 16.7 Å². The maximum Gasteiger partial charge on any atom is 0.310 e. The second kappa shape index (κ2) is 5.54. The number of aromatic hydroxyl groups is 1. The molecule has 1 aromatic rings. The highest BCUT2D eigenvalue weighted by atomic mass is 35.5. The zero-order valence-corrected chi connectivity index (χ0v) is 10.9. The van der Waals surface area contributed by atoms with E-state index in [0.717, 1.165) is 6.07 Å². The van der Waals surface area contributed by atoms with E-state index >= 15 is 0 Å². The van der Waals surface area contributed by atoms with E-state index in [1.165, 1.54) is 6.07 Å². The number of phenolic OH excluding ortho intramolecular Hbond substituents is 1. The number of hydrogen-bond donors (Lipinski definition) is 3. The van der Waals surface area contributed by atoms with Gasteiger partial charge in [-0.1, -0.05) is 11.6 Å². The number of hydrogen-bond acceptors (Lipinski definition) is 3.